The van der Waals surface area contributed by atoms with E-state index in [1.54, 1.807) is 53.7 Å². The monoisotopic (exact) mass is 1140 g/mol. The van der Waals surface area contributed by atoms with Gasteiger partial charge in [0.2, 0.25) is 16.7 Å². The van der Waals surface area contributed by atoms with Gasteiger partial charge in [-0.1, -0.05) is 86.8 Å². The summed E-state index contributed by atoms with van der Waals surface area (Å²) in [5.41, 5.74) is 10.9. The third-order valence-electron chi connectivity index (χ3n) is 12.9. The van der Waals surface area contributed by atoms with Crippen molar-refractivity contribution in [3.8, 4) is 22.5 Å². The molecule has 6 N–H and O–H groups in total. The van der Waals surface area contributed by atoms with Crippen LogP contribution in [-0.4, -0.2) is 58.7 Å². The Kier molecular flexibility index (Phi) is 16.0. The summed E-state index contributed by atoms with van der Waals surface area (Å²) in [5, 5.41) is 23.4. The lowest BCUT2D eigenvalue weighted by Crippen LogP contribution is -2.12. The molecule has 0 bridgehead atoms. The van der Waals surface area contributed by atoms with E-state index in [0.717, 1.165) is 100 Å². The lowest BCUT2D eigenvalue weighted by Gasteiger charge is -2.22. The van der Waals surface area contributed by atoms with Crippen LogP contribution in [0, 0.1) is 0 Å². The number of hydrogen-bond donors (Lipinski definition) is 6. The molecule has 20 heteroatoms. The number of H-pyrrole nitrogens is 3. The molecule has 1 fully saturated rings. The zero-order valence-corrected chi connectivity index (χ0v) is 44.6. The predicted molar refractivity (Wildman–Crippen MR) is 304 cm³/mol. The summed E-state index contributed by atoms with van der Waals surface area (Å²) in [6.45, 7) is 3.69. The van der Waals surface area contributed by atoms with Crippen LogP contribution in [0.2, 0.25) is 0 Å². The van der Waals surface area contributed by atoms with Gasteiger partial charge < -0.3 is 30.9 Å². The average Bonchev–Trinajstić information content (AvgIpc) is 4.20. The molecule has 2 aromatic carbocycles. The topological polar surface area (TPSA) is 225 Å². The summed E-state index contributed by atoms with van der Waals surface area (Å²) in [7, 11) is 0. The van der Waals surface area contributed by atoms with Crippen molar-refractivity contribution in [1.29, 1.82) is 0 Å². The summed E-state index contributed by atoms with van der Waals surface area (Å²) in [4.78, 5) is 56.6. The zero-order valence-electron chi connectivity index (χ0n) is 41.4. The van der Waals surface area contributed by atoms with E-state index in [4.69, 9.17) is 15.0 Å². The minimum absolute atomic E-state index is 0.0936. The lowest BCUT2D eigenvalue weighted by molar-refractivity contribution is 0.437. The van der Waals surface area contributed by atoms with Crippen LogP contribution in [0.1, 0.15) is 72.9 Å². The molecule has 0 radical (unpaired) electrons. The van der Waals surface area contributed by atoms with Gasteiger partial charge in [0.1, 0.15) is 17.5 Å². The van der Waals surface area contributed by atoms with Crippen molar-refractivity contribution in [1.82, 2.24) is 58.7 Å². The van der Waals surface area contributed by atoms with Crippen LogP contribution < -0.4 is 32.6 Å². The summed E-state index contributed by atoms with van der Waals surface area (Å²) >= 11 is 7.04. The number of aromatic nitrogens is 12. The van der Waals surface area contributed by atoms with E-state index in [1.807, 2.05) is 106 Å². The molecule has 0 saturated heterocycles. The molecule has 9 heterocycles. The van der Waals surface area contributed by atoms with Gasteiger partial charge in [-0.25, -0.2) is 15.0 Å². The third kappa shape index (κ3) is 12.2. The summed E-state index contributed by atoms with van der Waals surface area (Å²) in [6, 6.07) is 36.5. The van der Waals surface area contributed by atoms with Crippen molar-refractivity contribution in [2.24, 2.45) is 0 Å². The summed E-state index contributed by atoms with van der Waals surface area (Å²) in [6.07, 6.45) is 17.4. The molecule has 1 aliphatic rings. The Morgan fingerprint density at radius 3 is 1.39 bits per heavy atom. The van der Waals surface area contributed by atoms with Crippen molar-refractivity contribution in [3.63, 3.8) is 0 Å². The first-order chi connectivity index (χ1) is 37.1. The number of aryl methyl sites for hydroxylation is 1. The van der Waals surface area contributed by atoms with Crippen LogP contribution in [0.4, 0.5) is 17.5 Å². The Morgan fingerprint density at radius 2 is 0.934 bits per heavy atom. The molecule has 0 spiro atoms. The fraction of sp³-hybridized carbons (Fsp3) is 0.196. The number of halogens is 2. The lowest BCUT2D eigenvalue weighted by atomic mass is 9.87. The second-order valence-electron chi connectivity index (χ2n) is 18.1. The van der Waals surface area contributed by atoms with Gasteiger partial charge in [-0.2, -0.15) is 28.8 Å². The maximum atomic E-state index is 11.5. The molecule has 0 unspecified atom stereocenters. The molecule has 384 valence electrons. The minimum atomic E-state index is -0.119. The molecule has 0 amide bonds. The Labute approximate surface area is 452 Å². The molecule has 18 nitrogen and oxygen atoms in total. The van der Waals surface area contributed by atoms with Crippen molar-refractivity contribution in [2.75, 3.05) is 16.0 Å². The van der Waals surface area contributed by atoms with Gasteiger partial charge >= 0.3 is 0 Å². The van der Waals surface area contributed by atoms with Crippen molar-refractivity contribution < 1.29 is 0 Å². The summed E-state index contributed by atoms with van der Waals surface area (Å²) in [5.74, 6) is 3.06. The van der Waals surface area contributed by atoms with Crippen LogP contribution in [0.3, 0.4) is 0 Å². The van der Waals surface area contributed by atoms with E-state index in [2.05, 4.69) is 91.0 Å². The van der Waals surface area contributed by atoms with E-state index in [-0.39, 0.29) is 16.7 Å². The van der Waals surface area contributed by atoms with Gasteiger partial charge in [0.15, 0.2) is 16.9 Å². The van der Waals surface area contributed by atoms with E-state index >= 15 is 0 Å². The van der Waals surface area contributed by atoms with E-state index in [9.17, 15) is 14.4 Å². The number of pyridine rings is 3. The molecule has 1 aliphatic carbocycles. The number of anilines is 3. The molecule has 0 atom stereocenters. The fourth-order valence-electron chi connectivity index (χ4n) is 9.02. The number of nitrogens with one attached hydrogen (secondary N) is 6. The van der Waals surface area contributed by atoms with Gasteiger partial charge in [-0.3, -0.25) is 14.4 Å². The third-order valence-corrected chi connectivity index (χ3v) is 14.0. The van der Waals surface area contributed by atoms with Crippen LogP contribution >= 0.6 is 31.9 Å². The molecular weight excluding hydrogens is 1090 g/mol. The van der Waals surface area contributed by atoms with Crippen molar-refractivity contribution >= 4 is 66.3 Å². The van der Waals surface area contributed by atoms with Gasteiger partial charge in [0.05, 0.1) is 38.9 Å². The molecule has 0 aliphatic heterocycles. The van der Waals surface area contributed by atoms with Gasteiger partial charge in [0.25, 0.3) is 0 Å². The van der Waals surface area contributed by atoms with E-state index in [0.29, 0.717) is 25.6 Å². The number of rotatable bonds is 13. The second-order valence-corrected chi connectivity index (χ2v) is 19.9. The number of benzene rings is 2. The molecule has 11 aromatic rings. The standard InChI is InChI=1S/C20H19N5O.C18H20BrN5O.C18H14BrN5O/c1-2-15-13-23-25-18(22-12-14-8-9-21-19(26)10-14)11-17(24-20(15)25)16-6-4-3-5-7-16;2*19-14-11-22-24-16(21-10-12-6-7-20-17(25)8-12)9-15(23-18(14)24)13-4-2-1-3-5-13/h3-11,13,22H,2,12H2,1H3,(H,21,26);6-9,11,13,21H,1-5,10H2,(H,20,25);1-9,11,21H,10H2,(H,20,25). The highest BCUT2D eigenvalue weighted by molar-refractivity contribution is 9.11. The van der Waals surface area contributed by atoms with E-state index in [1.165, 1.54) is 32.1 Å². The van der Waals surface area contributed by atoms with Gasteiger partial charge in [0, 0.05) is 103 Å². The fourth-order valence-corrected chi connectivity index (χ4v) is 9.72. The Morgan fingerprint density at radius 1 is 0.513 bits per heavy atom. The van der Waals surface area contributed by atoms with Crippen LogP contribution in [-0.2, 0) is 26.1 Å². The first-order valence-corrected chi connectivity index (χ1v) is 26.6. The van der Waals surface area contributed by atoms with Gasteiger partial charge in [-0.15, -0.1) is 0 Å². The quantitative estimate of drug-likeness (QED) is 0.0634. The highest BCUT2D eigenvalue weighted by Crippen LogP contribution is 2.34. The molecular formula is C56H53Br2N15O3. The number of nitrogens with zero attached hydrogens (tertiary/aromatic N) is 9. The molecule has 12 rings (SSSR count). The van der Waals surface area contributed by atoms with E-state index < -0.39 is 0 Å². The highest BCUT2D eigenvalue weighted by atomic mass is 79.9. The maximum absolute atomic E-state index is 11.5. The van der Waals surface area contributed by atoms with Crippen molar-refractivity contribution in [3.05, 3.63) is 220 Å². The zero-order chi connectivity index (χ0) is 52.4. The smallest absolute Gasteiger partial charge is 0.248 e. The summed E-state index contributed by atoms with van der Waals surface area (Å²) < 4.78 is 7.08. The molecule has 76 heavy (non-hydrogen) atoms. The van der Waals surface area contributed by atoms with Crippen molar-refractivity contribution in [2.45, 2.75) is 71.0 Å². The highest BCUT2D eigenvalue weighted by Gasteiger charge is 2.20. The van der Waals surface area contributed by atoms with Crippen LogP contribution in [0.5, 0.6) is 0 Å². The molecule has 9 aromatic heterocycles. The Bertz CT molecular complexity index is 3940. The van der Waals surface area contributed by atoms with Gasteiger partial charge in [-0.05, 0) is 86.0 Å². The predicted octanol–water partition coefficient (Wildman–Crippen LogP) is 10.6. The first-order valence-electron chi connectivity index (χ1n) is 25.0. The Balaban J connectivity index is 0.000000130. The second kappa shape index (κ2) is 23.8. The maximum Gasteiger partial charge on any atom is 0.248 e. The number of hydrogen-bond acceptors (Lipinski definition) is 12. The minimum Gasteiger partial charge on any atom is -0.366 e. The SMILES string of the molecule is CCc1cnn2c(NCc3cc[nH]c(=O)c3)cc(-c3ccccc3)nc12.O=c1cc(CNc2cc(-c3ccccc3)nc3c(Br)cnn23)cc[nH]1.O=c1cc(CNc2cc(C3CCCCC3)nc3c(Br)cnn23)cc[nH]1. The van der Waals surface area contributed by atoms with Crippen LogP contribution in [0.25, 0.3) is 39.5 Å². The number of aromatic amines is 3. The largest absolute Gasteiger partial charge is 0.366 e. The molecule has 1 saturated carbocycles. The number of fused-ring (bicyclic) bond motifs is 3. The first kappa shape index (κ1) is 51.0. The Hall–Kier alpha value is -8.49. The average molecular weight is 1140 g/mol. The normalized spacial score (nSPS) is 12.5. The van der Waals surface area contributed by atoms with Crippen LogP contribution in [0.15, 0.2) is 176 Å².